The van der Waals surface area contributed by atoms with Crippen LogP contribution in [0.15, 0.2) is 24.3 Å². The smallest absolute Gasteiger partial charge is 0.162 e. The molecule has 2 aromatic carbocycles. The number of aryl methyl sites for hydroxylation is 3. The molecule has 0 N–H and O–H groups in total. The third-order valence-electron chi connectivity index (χ3n) is 4.16. The third kappa shape index (κ3) is 2.09. The number of hydrogen-bond acceptors (Lipinski definition) is 3. The number of aromatic nitrogens is 1. The lowest BCUT2D eigenvalue weighted by molar-refractivity contribution is 0.356. The summed E-state index contributed by atoms with van der Waals surface area (Å²) in [5.74, 6) is 1.44. The topological polar surface area (TPSA) is 31.4 Å². The SMILES string of the molecule is COc1cc2nc3cc(C)c(C)cc3c(C)c2cc1OC. The first-order valence-corrected chi connectivity index (χ1v) is 6.98. The Morgan fingerprint density at radius 2 is 1.24 bits per heavy atom. The van der Waals surface area contributed by atoms with Crippen LogP contribution in [0.25, 0.3) is 21.8 Å². The number of methoxy groups -OCH3 is 2. The van der Waals surface area contributed by atoms with Gasteiger partial charge >= 0.3 is 0 Å². The number of benzene rings is 2. The lowest BCUT2D eigenvalue weighted by Gasteiger charge is -2.13. The van der Waals surface area contributed by atoms with E-state index in [4.69, 9.17) is 14.5 Å². The number of pyridine rings is 1. The van der Waals surface area contributed by atoms with Gasteiger partial charge in [0.1, 0.15) is 0 Å². The second-order valence-corrected chi connectivity index (χ2v) is 5.41. The number of nitrogens with zero attached hydrogens (tertiary/aromatic N) is 1. The molecule has 0 saturated heterocycles. The van der Waals surface area contributed by atoms with Gasteiger partial charge in [0.15, 0.2) is 11.5 Å². The van der Waals surface area contributed by atoms with Crippen molar-refractivity contribution in [2.45, 2.75) is 20.8 Å². The highest BCUT2D eigenvalue weighted by Gasteiger charge is 2.12. The van der Waals surface area contributed by atoms with Gasteiger partial charge in [-0.15, -0.1) is 0 Å². The van der Waals surface area contributed by atoms with Crippen molar-refractivity contribution < 1.29 is 9.47 Å². The lowest BCUT2D eigenvalue weighted by Crippen LogP contribution is -1.94. The van der Waals surface area contributed by atoms with E-state index in [-0.39, 0.29) is 0 Å². The van der Waals surface area contributed by atoms with Crippen LogP contribution in [0.1, 0.15) is 16.7 Å². The summed E-state index contributed by atoms with van der Waals surface area (Å²) in [7, 11) is 3.30. The van der Waals surface area contributed by atoms with Crippen molar-refractivity contribution in [2.24, 2.45) is 0 Å². The van der Waals surface area contributed by atoms with Gasteiger partial charge < -0.3 is 9.47 Å². The highest BCUT2D eigenvalue weighted by molar-refractivity contribution is 5.99. The molecule has 3 nitrogen and oxygen atoms in total. The van der Waals surface area contributed by atoms with Gasteiger partial charge in [0.05, 0.1) is 25.3 Å². The Morgan fingerprint density at radius 1 is 0.714 bits per heavy atom. The minimum absolute atomic E-state index is 0.708. The molecule has 0 radical (unpaired) electrons. The quantitative estimate of drug-likeness (QED) is 0.655. The molecule has 1 heterocycles. The Kier molecular flexibility index (Phi) is 3.20. The molecular weight excluding hydrogens is 262 g/mol. The van der Waals surface area contributed by atoms with E-state index in [0.29, 0.717) is 5.75 Å². The maximum atomic E-state index is 5.40. The highest BCUT2D eigenvalue weighted by atomic mass is 16.5. The van der Waals surface area contributed by atoms with Gasteiger partial charge in [0, 0.05) is 16.8 Å². The summed E-state index contributed by atoms with van der Waals surface area (Å²) in [6.45, 7) is 6.38. The Morgan fingerprint density at radius 3 is 1.90 bits per heavy atom. The molecule has 0 aliphatic heterocycles. The normalized spacial score (nSPS) is 11.1. The standard InChI is InChI=1S/C18H19NO2/c1-10-6-13-12(3)14-8-17(20-4)18(21-5)9-16(14)19-15(13)7-11(10)2/h6-9H,1-5H3. The molecule has 3 rings (SSSR count). The van der Waals surface area contributed by atoms with Crippen LogP contribution in [-0.2, 0) is 0 Å². The summed E-state index contributed by atoms with van der Waals surface area (Å²) in [6, 6.07) is 8.30. The molecule has 0 bridgehead atoms. The van der Waals surface area contributed by atoms with E-state index in [2.05, 4.69) is 32.9 Å². The second kappa shape index (κ2) is 4.92. The Balaban J connectivity index is 2.44. The van der Waals surface area contributed by atoms with Crippen LogP contribution in [0.4, 0.5) is 0 Å². The molecule has 3 heteroatoms. The van der Waals surface area contributed by atoms with Crippen LogP contribution < -0.4 is 9.47 Å². The van der Waals surface area contributed by atoms with Crippen LogP contribution in [0, 0.1) is 20.8 Å². The zero-order chi connectivity index (χ0) is 15.1. The number of hydrogen-bond donors (Lipinski definition) is 0. The summed E-state index contributed by atoms with van der Waals surface area (Å²) in [5, 5.41) is 2.29. The van der Waals surface area contributed by atoms with Crippen molar-refractivity contribution in [1.82, 2.24) is 4.98 Å². The number of ether oxygens (including phenoxy) is 2. The van der Waals surface area contributed by atoms with Crippen molar-refractivity contribution in [3.63, 3.8) is 0 Å². The van der Waals surface area contributed by atoms with Crippen LogP contribution in [0.2, 0.25) is 0 Å². The van der Waals surface area contributed by atoms with E-state index >= 15 is 0 Å². The van der Waals surface area contributed by atoms with Crippen molar-refractivity contribution in [2.75, 3.05) is 14.2 Å². The zero-order valence-electron chi connectivity index (χ0n) is 13.1. The van der Waals surface area contributed by atoms with Gasteiger partial charge in [-0.1, -0.05) is 0 Å². The fourth-order valence-electron chi connectivity index (χ4n) is 2.73. The summed E-state index contributed by atoms with van der Waals surface area (Å²) in [4.78, 5) is 4.79. The first kappa shape index (κ1) is 13.7. The van der Waals surface area contributed by atoms with Crippen molar-refractivity contribution in [3.05, 3.63) is 41.0 Å². The molecular formula is C18H19NO2. The molecule has 0 aliphatic carbocycles. The predicted molar refractivity (Wildman–Crippen MR) is 86.6 cm³/mol. The van der Waals surface area contributed by atoms with E-state index < -0.39 is 0 Å². The average Bonchev–Trinajstić information content (AvgIpc) is 2.48. The van der Waals surface area contributed by atoms with E-state index in [1.54, 1.807) is 14.2 Å². The summed E-state index contributed by atoms with van der Waals surface area (Å²) in [6.07, 6.45) is 0. The van der Waals surface area contributed by atoms with Gasteiger partial charge in [-0.25, -0.2) is 4.98 Å². The Hall–Kier alpha value is -2.29. The highest BCUT2D eigenvalue weighted by Crippen LogP contribution is 2.35. The predicted octanol–water partition coefficient (Wildman–Crippen LogP) is 4.33. The molecule has 0 fully saturated rings. The molecule has 108 valence electrons. The van der Waals surface area contributed by atoms with Crippen LogP contribution in [0.5, 0.6) is 11.5 Å². The molecule has 0 unspecified atom stereocenters. The van der Waals surface area contributed by atoms with Gasteiger partial charge in [-0.05, 0) is 55.7 Å². The second-order valence-electron chi connectivity index (χ2n) is 5.41. The Bertz CT molecular complexity index is 853. The maximum Gasteiger partial charge on any atom is 0.162 e. The van der Waals surface area contributed by atoms with E-state index in [1.165, 1.54) is 22.1 Å². The van der Waals surface area contributed by atoms with Crippen molar-refractivity contribution in [1.29, 1.82) is 0 Å². The molecule has 1 aromatic heterocycles. The summed E-state index contributed by atoms with van der Waals surface area (Å²) >= 11 is 0. The van der Waals surface area contributed by atoms with Gasteiger partial charge in [0.25, 0.3) is 0 Å². The maximum absolute atomic E-state index is 5.40. The minimum Gasteiger partial charge on any atom is -0.493 e. The largest absolute Gasteiger partial charge is 0.493 e. The van der Waals surface area contributed by atoms with Crippen molar-refractivity contribution >= 4 is 21.8 Å². The molecule has 0 aliphatic rings. The average molecular weight is 281 g/mol. The van der Waals surface area contributed by atoms with Crippen LogP contribution in [0.3, 0.4) is 0 Å². The molecule has 3 aromatic rings. The fraction of sp³-hybridized carbons (Fsp3) is 0.278. The van der Waals surface area contributed by atoms with E-state index in [0.717, 1.165) is 22.2 Å². The van der Waals surface area contributed by atoms with E-state index in [1.807, 2.05) is 12.1 Å². The zero-order valence-corrected chi connectivity index (χ0v) is 13.1. The van der Waals surface area contributed by atoms with Crippen LogP contribution >= 0.6 is 0 Å². The number of fused-ring (bicyclic) bond motifs is 2. The molecule has 21 heavy (non-hydrogen) atoms. The monoisotopic (exact) mass is 281 g/mol. The minimum atomic E-state index is 0.708. The number of rotatable bonds is 2. The summed E-state index contributed by atoms with van der Waals surface area (Å²) < 4.78 is 10.8. The lowest BCUT2D eigenvalue weighted by atomic mass is 9.99. The molecule has 0 saturated carbocycles. The van der Waals surface area contributed by atoms with Crippen molar-refractivity contribution in [3.8, 4) is 11.5 Å². The van der Waals surface area contributed by atoms with Gasteiger partial charge in [-0.2, -0.15) is 0 Å². The van der Waals surface area contributed by atoms with E-state index in [9.17, 15) is 0 Å². The van der Waals surface area contributed by atoms with Gasteiger partial charge in [0.2, 0.25) is 0 Å². The fourth-order valence-corrected chi connectivity index (χ4v) is 2.73. The molecule has 0 amide bonds. The third-order valence-corrected chi connectivity index (χ3v) is 4.16. The molecule has 0 spiro atoms. The Labute approximate surface area is 124 Å². The molecule has 0 atom stereocenters. The first-order valence-electron chi connectivity index (χ1n) is 6.98. The van der Waals surface area contributed by atoms with Crippen LogP contribution in [-0.4, -0.2) is 19.2 Å². The van der Waals surface area contributed by atoms with Gasteiger partial charge in [-0.3, -0.25) is 0 Å². The first-order chi connectivity index (χ1) is 10.0. The summed E-state index contributed by atoms with van der Waals surface area (Å²) in [5.41, 5.74) is 5.72.